The van der Waals surface area contributed by atoms with Crippen molar-refractivity contribution < 1.29 is 71.4 Å². The van der Waals surface area contributed by atoms with Crippen LogP contribution in [0.1, 0.15) is 132 Å². The fourth-order valence-electron chi connectivity index (χ4n) is 6.87. The number of benzene rings is 3. The highest BCUT2D eigenvalue weighted by Crippen LogP contribution is 2.18. The first-order valence-electron chi connectivity index (χ1n) is 25.0. The molecule has 0 spiro atoms. The summed E-state index contributed by atoms with van der Waals surface area (Å²) in [6, 6.07) is 22.3. The summed E-state index contributed by atoms with van der Waals surface area (Å²) in [4.78, 5) is 72.1. The Bertz CT molecular complexity index is 2010. The molecule has 0 atom stereocenters. The zero-order chi connectivity index (χ0) is 51.9. The highest BCUT2D eigenvalue weighted by molar-refractivity contribution is 5.88. The summed E-state index contributed by atoms with van der Waals surface area (Å²) in [5.74, 6) is -0.270. The largest absolute Gasteiger partial charge is 0.494 e. The Morgan fingerprint density at radius 2 is 0.653 bits per heavy atom. The van der Waals surface area contributed by atoms with Gasteiger partial charge in [-0.25, -0.2) is 14.4 Å². The second-order valence-electron chi connectivity index (χ2n) is 16.9. The van der Waals surface area contributed by atoms with Gasteiger partial charge in [-0.15, -0.1) is 0 Å². The van der Waals surface area contributed by atoms with Gasteiger partial charge in [0, 0.05) is 37.5 Å². The van der Waals surface area contributed by atoms with E-state index in [2.05, 4.69) is 14.2 Å². The van der Waals surface area contributed by atoms with Crippen LogP contribution in [-0.4, -0.2) is 96.3 Å². The average Bonchev–Trinajstić information content (AvgIpc) is 3.40. The van der Waals surface area contributed by atoms with Crippen LogP contribution in [0.15, 0.2) is 91.0 Å². The van der Waals surface area contributed by atoms with Gasteiger partial charge in [0.1, 0.15) is 30.5 Å². The molecule has 72 heavy (non-hydrogen) atoms. The Balaban J connectivity index is 1.31. The quantitative estimate of drug-likeness (QED) is 0.0228. The Hall–Kier alpha value is -6.90. The Labute approximate surface area is 425 Å². The summed E-state index contributed by atoms with van der Waals surface area (Å²) < 4.78 is 48.0. The normalized spacial score (nSPS) is 11.2. The first kappa shape index (κ1) is 59.4. The zero-order valence-electron chi connectivity index (χ0n) is 42.4. The van der Waals surface area contributed by atoms with Crippen molar-refractivity contribution >= 4 is 54.0 Å². The van der Waals surface area contributed by atoms with Crippen LogP contribution in [0.25, 0.3) is 18.2 Å². The second kappa shape index (κ2) is 37.9. The second-order valence-corrected chi connectivity index (χ2v) is 16.9. The molecule has 0 aliphatic heterocycles. The number of ether oxygens (including phenoxy) is 9. The molecule has 0 unspecified atom stereocenters. The van der Waals surface area contributed by atoms with Gasteiger partial charge >= 0.3 is 35.8 Å². The number of carbonyl (C=O) groups is 6. The van der Waals surface area contributed by atoms with Crippen molar-refractivity contribution in [3.8, 4) is 17.2 Å². The summed E-state index contributed by atoms with van der Waals surface area (Å²) in [7, 11) is 4.00. The van der Waals surface area contributed by atoms with Gasteiger partial charge in [0.05, 0.1) is 41.2 Å². The van der Waals surface area contributed by atoms with E-state index in [1.807, 2.05) is 72.8 Å². The number of hydrogen-bond donors (Lipinski definition) is 0. The number of rotatable bonds is 38. The Morgan fingerprint density at radius 1 is 0.375 bits per heavy atom. The molecule has 0 aliphatic rings. The first-order valence-corrected chi connectivity index (χ1v) is 25.0. The maximum Gasteiger partial charge on any atom is 0.330 e. The van der Waals surface area contributed by atoms with E-state index in [0.717, 1.165) is 111 Å². The number of carbonyl (C=O) groups excluding carboxylic acids is 6. The van der Waals surface area contributed by atoms with Gasteiger partial charge < -0.3 is 42.6 Å². The van der Waals surface area contributed by atoms with E-state index in [1.165, 1.54) is 39.6 Å². The van der Waals surface area contributed by atoms with E-state index in [0.29, 0.717) is 39.1 Å². The van der Waals surface area contributed by atoms with Crippen LogP contribution in [0.2, 0.25) is 0 Å². The van der Waals surface area contributed by atoms with Gasteiger partial charge in [-0.3, -0.25) is 14.4 Å². The van der Waals surface area contributed by atoms with E-state index in [4.69, 9.17) is 28.4 Å². The molecule has 0 amide bonds. The number of hydrogen-bond acceptors (Lipinski definition) is 15. The minimum Gasteiger partial charge on any atom is -0.494 e. The van der Waals surface area contributed by atoms with Crippen LogP contribution in [0.4, 0.5) is 0 Å². The van der Waals surface area contributed by atoms with E-state index in [9.17, 15) is 28.8 Å². The van der Waals surface area contributed by atoms with Gasteiger partial charge in [-0.1, -0.05) is 94.2 Å². The highest BCUT2D eigenvalue weighted by Gasteiger charge is 2.19. The topological polar surface area (TPSA) is 185 Å². The van der Waals surface area contributed by atoms with Gasteiger partial charge in [-0.05, 0) is 110 Å². The van der Waals surface area contributed by atoms with Crippen molar-refractivity contribution in [3.05, 3.63) is 108 Å². The first-order chi connectivity index (χ1) is 35.1. The molecule has 3 aromatic carbocycles. The van der Waals surface area contributed by atoms with E-state index in [-0.39, 0.29) is 32.5 Å². The van der Waals surface area contributed by atoms with Crippen LogP contribution < -0.4 is 14.2 Å². The highest BCUT2D eigenvalue weighted by atomic mass is 16.6. The lowest BCUT2D eigenvalue weighted by molar-refractivity contribution is -0.167. The minimum absolute atomic E-state index is 0.187. The molecular formula is C57H74O15. The molecule has 0 bridgehead atoms. The van der Waals surface area contributed by atoms with Crippen molar-refractivity contribution in [2.45, 2.75) is 122 Å². The number of unbranched alkanes of at least 4 members (excludes halogenated alkanes) is 12. The van der Waals surface area contributed by atoms with Crippen molar-refractivity contribution in [1.29, 1.82) is 0 Å². The molecule has 3 aromatic rings. The lowest BCUT2D eigenvalue weighted by Gasteiger charge is -2.18. The van der Waals surface area contributed by atoms with Crippen molar-refractivity contribution in [2.24, 2.45) is 0 Å². The lowest BCUT2D eigenvalue weighted by atomic mass is 10.1. The third-order valence-corrected chi connectivity index (χ3v) is 11.0. The summed E-state index contributed by atoms with van der Waals surface area (Å²) in [6.45, 7) is 1.27. The fourth-order valence-corrected chi connectivity index (χ4v) is 6.87. The molecule has 3 rings (SSSR count). The number of esters is 6. The van der Waals surface area contributed by atoms with Gasteiger partial charge in [0.2, 0.25) is 0 Å². The molecule has 0 saturated heterocycles. The summed E-state index contributed by atoms with van der Waals surface area (Å²) in [5.41, 5.74) is 2.58. The third-order valence-electron chi connectivity index (χ3n) is 11.0. The fraction of sp³-hybridized carbons (Fsp3) is 0.474. The lowest BCUT2D eigenvalue weighted by Crippen LogP contribution is -2.30. The maximum absolute atomic E-state index is 12.9. The monoisotopic (exact) mass is 999 g/mol. The Kier molecular flexibility index (Phi) is 31.2. The SMILES string of the molecule is COC(=O)/C=C/c1ccc(OCCCCCCCC(=O)OCC(COC(=O)CCCCCCCOc2ccc(/C=C/C(=O)OC)cc2)OC(=O)CCCCCCCOc2ccc(/C=C/C(=O)OC)cc2)cc1. The molecule has 0 fully saturated rings. The van der Waals surface area contributed by atoms with Crippen molar-refractivity contribution in [2.75, 3.05) is 54.4 Å². The predicted octanol–water partition coefficient (Wildman–Crippen LogP) is 10.8. The standard InChI is InChI=1S/C57H74O15/c1-64-52(58)37-28-45-22-31-48(32-23-45)67-40-16-10-4-7-13-19-55(61)70-43-51(72-57(63)21-15-9-6-12-18-42-69-50-35-26-47(27-36-50)30-39-54(60)66-3)44-71-56(62)20-14-8-5-11-17-41-68-49-33-24-46(25-34-49)29-38-53(59)65-2/h22-39,51H,4-21,40-44H2,1-3H3/b37-28+,38-29+,39-30+. The molecule has 0 aliphatic carbocycles. The van der Waals surface area contributed by atoms with E-state index >= 15 is 0 Å². The average molecular weight is 999 g/mol. The Morgan fingerprint density at radius 3 is 0.958 bits per heavy atom. The minimum atomic E-state index is -0.916. The van der Waals surface area contributed by atoms with E-state index < -0.39 is 41.9 Å². The maximum atomic E-state index is 12.9. The van der Waals surface area contributed by atoms with Crippen LogP contribution in [0.5, 0.6) is 17.2 Å². The van der Waals surface area contributed by atoms with Crippen molar-refractivity contribution in [3.63, 3.8) is 0 Å². The summed E-state index contributed by atoms with van der Waals surface area (Å²) in [6.07, 6.45) is 21.4. The smallest absolute Gasteiger partial charge is 0.330 e. The van der Waals surface area contributed by atoms with Gasteiger partial charge in [0.25, 0.3) is 0 Å². The van der Waals surface area contributed by atoms with Gasteiger partial charge in [0.15, 0.2) is 6.10 Å². The summed E-state index contributed by atoms with van der Waals surface area (Å²) >= 11 is 0. The predicted molar refractivity (Wildman–Crippen MR) is 274 cm³/mol. The third kappa shape index (κ3) is 29.3. The molecular weight excluding hydrogens is 925 g/mol. The molecule has 0 heterocycles. The molecule has 0 saturated carbocycles. The van der Waals surface area contributed by atoms with Crippen molar-refractivity contribution in [1.82, 2.24) is 0 Å². The molecule has 0 N–H and O–H groups in total. The zero-order valence-corrected chi connectivity index (χ0v) is 42.4. The number of methoxy groups -OCH3 is 3. The molecule has 15 heteroatoms. The van der Waals surface area contributed by atoms with Crippen LogP contribution in [0.3, 0.4) is 0 Å². The van der Waals surface area contributed by atoms with Crippen LogP contribution >= 0.6 is 0 Å². The molecule has 0 aromatic heterocycles. The molecule has 392 valence electrons. The van der Waals surface area contributed by atoms with Gasteiger partial charge in [-0.2, -0.15) is 0 Å². The van der Waals surface area contributed by atoms with Crippen LogP contribution in [0, 0.1) is 0 Å². The van der Waals surface area contributed by atoms with E-state index in [1.54, 1.807) is 18.2 Å². The van der Waals surface area contributed by atoms with Crippen LogP contribution in [-0.2, 0) is 57.2 Å². The molecule has 15 nitrogen and oxygen atoms in total. The molecule has 0 radical (unpaired) electrons. The summed E-state index contributed by atoms with van der Waals surface area (Å²) in [5, 5.41) is 0.